The van der Waals surface area contributed by atoms with Crippen LogP contribution >= 0.6 is 23.5 Å². The van der Waals surface area contributed by atoms with E-state index in [9.17, 15) is 9.90 Å². The number of hydrogen-bond acceptors (Lipinski definition) is 5. The van der Waals surface area contributed by atoms with Gasteiger partial charge in [-0.3, -0.25) is 0 Å². The van der Waals surface area contributed by atoms with Gasteiger partial charge in [0.05, 0.1) is 10.7 Å². The van der Waals surface area contributed by atoms with Crippen molar-refractivity contribution in [1.82, 2.24) is 9.55 Å². The number of allylic oxidation sites excluding steroid dienone is 3. The maximum atomic E-state index is 10.9. The van der Waals surface area contributed by atoms with Crippen molar-refractivity contribution in [1.29, 1.82) is 0 Å². The number of rotatable bonds is 10. The van der Waals surface area contributed by atoms with E-state index in [1.807, 2.05) is 22.5 Å². The van der Waals surface area contributed by atoms with Crippen LogP contribution in [0.2, 0.25) is 0 Å². The molecule has 0 radical (unpaired) electrons. The summed E-state index contributed by atoms with van der Waals surface area (Å²) in [5, 5.41) is 11.6. The first-order valence-electron chi connectivity index (χ1n) is 10.7. The number of carbonyl (C=O) groups is 1. The van der Waals surface area contributed by atoms with Gasteiger partial charge < -0.3 is 14.5 Å². The number of carbonyl (C=O) groups excluding carboxylic acids is 1. The van der Waals surface area contributed by atoms with E-state index in [0.29, 0.717) is 5.16 Å². The van der Waals surface area contributed by atoms with E-state index in [0.717, 1.165) is 25.1 Å². The Morgan fingerprint density at radius 1 is 1.03 bits per heavy atom. The van der Waals surface area contributed by atoms with Crippen LogP contribution in [0.3, 0.4) is 0 Å². The van der Waals surface area contributed by atoms with E-state index in [2.05, 4.69) is 83.9 Å². The smallest absolute Gasteiger partial charge is 0.168 e. The van der Waals surface area contributed by atoms with Crippen LogP contribution in [-0.4, -0.2) is 27.0 Å². The Kier molecular flexibility index (Phi) is 7.55. The van der Waals surface area contributed by atoms with Crippen LogP contribution in [0.4, 0.5) is 0 Å². The molecule has 0 aliphatic heterocycles. The van der Waals surface area contributed by atoms with Gasteiger partial charge in [-0.2, -0.15) is 0 Å². The van der Waals surface area contributed by atoms with Gasteiger partial charge >= 0.3 is 0 Å². The Balaban J connectivity index is 1.66. The minimum Gasteiger partial charge on any atom is -0.549 e. The van der Waals surface area contributed by atoms with E-state index < -0.39 is 5.97 Å². The summed E-state index contributed by atoms with van der Waals surface area (Å²) in [6.45, 7) is 0.735. The molecule has 32 heavy (non-hydrogen) atoms. The maximum absolute atomic E-state index is 10.9. The topological polar surface area (TPSA) is 57.9 Å². The fraction of sp³-hybridized carbons (Fsp3) is 0.231. The monoisotopic (exact) mass is 461 g/mol. The van der Waals surface area contributed by atoms with Crippen molar-refractivity contribution in [3.63, 3.8) is 0 Å². The molecule has 0 unspecified atom stereocenters. The third kappa shape index (κ3) is 5.03. The number of thioether (sulfide) groups is 2. The Hall–Kier alpha value is -2.70. The lowest BCUT2D eigenvalue weighted by molar-refractivity contribution is -0.301. The Labute approximate surface area is 197 Å². The summed E-state index contributed by atoms with van der Waals surface area (Å²) in [5.41, 5.74) is 3.82. The summed E-state index contributed by atoms with van der Waals surface area (Å²) in [6.07, 6.45) is 12.6. The number of imidazole rings is 1. The summed E-state index contributed by atoms with van der Waals surface area (Å²) in [6, 6.07) is 21.4. The molecular weight excluding hydrogens is 436 g/mol. The van der Waals surface area contributed by atoms with Crippen LogP contribution in [-0.2, 0) is 16.1 Å². The molecule has 1 heterocycles. The predicted octanol–water partition coefficient (Wildman–Crippen LogP) is 4.68. The van der Waals surface area contributed by atoms with Gasteiger partial charge in [0.1, 0.15) is 0 Å². The number of aryl methyl sites for hydroxylation is 1. The van der Waals surface area contributed by atoms with Crippen molar-refractivity contribution in [2.24, 2.45) is 0 Å². The lowest BCUT2D eigenvalue weighted by atomic mass is 9.81. The van der Waals surface area contributed by atoms with E-state index in [1.165, 1.54) is 28.5 Å². The van der Waals surface area contributed by atoms with Crippen molar-refractivity contribution >= 4 is 29.5 Å². The number of aliphatic carboxylic acids is 1. The van der Waals surface area contributed by atoms with Gasteiger partial charge in [0.15, 0.2) is 5.16 Å². The first-order chi connectivity index (χ1) is 15.7. The molecule has 0 saturated carbocycles. The highest BCUT2D eigenvalue weighted by molar-refractivity contribution is 8.00. The van der Waals surface area contributed by atoms with E-state index >= 15 is 0 Å². The van der Waals surface area contributed by atoms with Crippen LogP contribution in [0.5, 0.6) is 0 Å². The largest absolute Gasteiger partial charge is 0.549 e. The standard InChI is InChI=1S/C26H26N2O2S2/c29-24(30)20-31-25-27-16-17-28(25)18-19-32-26(21-10-4-1-5-11-21,22-12-6-2-7-13-22)23-14-8-3-9-15-23/h1-2,4-8,10-17H,3,9,18-20H2,(H,29,30)/p-1. The highest BCUT2D eigenvalue weighted by Crippen LogP contribution is 2.50. The molecule has 6 heteroatoms. The van der Waals surface area contributed by atoms with Crippen molar-refractivity contribution in [2.45, 2.75) is 29.3 Å². The number of aromatic nitrogens is 2. The molecule has 0 amide bonds. The van der Waals surface area contributed by atoms with Crippen molar-refractivity contribution < 1.29 is 9.90 Å². The molecule has 1 aliphatic carbocycles. The number of hydrogen-bond donors (Lipinski definition) is 0. The second kappa shape index (κ2) is 10.7. The first kappa shape index (κ1) is 22.5. The van der Waals surface area contributed by atoms with E-state index in [-0.39, 0.29) is 10.5 Å². The highest BCUT2D eigenvalue weighted by atomic mass is 32.2. The minimum absolute atomic E-state index is 0.0974. The summed E-state index contributed by atoms with van der Waals surface area (Å²) in [7, 11) is 0. The summed E-state index contributed by atoms with van der Waals surface area (Å²) < 4.78 is 1.70. The van der Waals surface area contributed by atoms with Gasteiger partial charge in [-0.1, -0.05) is 90.7 Å². The maximum Gasteiger partial charge on any atom is 0.168 e. The lowest BCUT2D eigenvalue weighted by Gasteiger charge is -2.37. The van der Waals surface area contributed by atoms with Crippen LogP contribution in [0.25, 0.3) is 0 Å². The number of benzene rings is 2. The molecule has 0 saturated heterocycles. The fourth-order valence-electron chi connectivity index (χ4n) is 4.00. The zero-order valence-corrected chi connectivity index (χ0v) is 19.4. The van der Waals surface area contributed by atoms with Crippen molar-refractivity contribution in [3.8, 4) is 0 Å². The molecule has 3 aromatic rings. The van der Waals surface area contributed by atoms with Crippen LogP contribution < -0.4 is 5.11 Å². The molecule has 0 spiro atoms. The zero-order chi connectivity index (χ0) is 22.2. The fourth-order valence-corrected chi connectivity index (χ4v) is 6.21. The quantitative estimate of drug-likeness (QED) is 0.411. The average molecular weight is 462 g/mol. The summed E-state index contributed by atoms with van der Waals surface area (Å²) in [5.74, 6) is -0.341. The molecular formula is C26H25N2O2S2-. The van der Waals surface area contributed by atoms with E-state index in [1.54, 1.807) is 6.20 Å². The lowest BCUT2D eigenvalue weighted by Crippen LogP contribution is -2.28. The molecule has 0 atom stereocenters. The zero-order valence-electron chi connectivity index (χ0n) is 17.7. The number of carboxylic acid groups (broad SMARTS) is 1. The molecule has 164 valence electrons. The average Bonchev–Trinajstić information content (AvgIpc) is 3.29. The van der Waals surface area contributed by atoms with Crippen LogP contribution in [0, 0.1) is 0 Å². The van der Waals surface area contributed by atoms with Gasteiger partial charge in [0.25, 0.3) is 0 Å². The van der Waals surface area contributed by atoms with Gasteiger partial charge in [-0.25, -0.2) is 4.98 Å². The molecule has 0 fully saturated rings. The molecule has 4 rings (SSSR count). The molecule has 4 nitrogen and oxygen atoms in total. The normalized spacial score (nSPS) is 13.7. The molecule has 1 aromatic heterocycles. The molecule has 0 N–H and O–H groups in total. The van der Waals surface area contributed by atoms with Crippen molar-refractivity contribution in [2.75, 3.05) is 11.5 Å². The van der Waals surface area contributed by atoms with Gasteiger partial charge in [-0.15, -0.1) is 11.8 Å². The second-order valence-corrected chi connectivity index (χ2v) is 9.72. The highest BCUT2D eigenvalue weighted by Gasteiger charge is 2.37. The SMILES string of the molecule is O=C([O-])CSc1nccn1CCSC(C1=CCCC=C1)(c1ccccc1)c1ccccc1. The predicted molar refractivity (Wildman–Crippen MR) is 131 cm³/mol. The number of nitrogens with zero attached hydrogens (tertiary/aromatic N) is 2. The van der Waals surface area contributed by atoms with Crippen LogP contribution in [0.15, 0.2) is 102 Å². The Bertz CT molecular complexity index is 1050. The summed E-state index contributed by atoms with van der Waals surface area (Å²) in [4.78, 5) is 15.2. The van der Waals surface area contributed by atoms with E-state index in [4.69, 9.17) is 0 Å². The Morgan fingerprint density at radius 3 is 2.31 bits per heavy atom. The second-order valence-electron chi connectivity index (χ2n) is 7.46. The van der Waals surface area contributed by atoms with Crippen molar-refractivity contribution in [3.05, 3.63) is 108 Å². The summed E-state index contributed by atoms with van der Waals surface area (Å²) >= 11 is 3.11. The van der Waals surface area contributed by atoms with Gasteiger partial charge in [0, 0.05) is 30.4 Å². The Morgan fingerprint density at radius 2 is 1.72 bits per heavy atom. The van der Waals surface area contributed by atoms with Gasteiger partial charge in [0.2, 0.25) is 0 Å². The van der Waals surface area contributed by atoms with Crippen LogP contribution in [0.1, 0.15) is 24.0 Å². The number of carboxylic acids is 1. The third-order valence-corrected chi connectivity index (χ3v) is 7.91. The third-order valence-electron chi connectivity index (χ3n) is 5.41. The molecule has 2 aromatic carbocycles. The first-order valence-corrected chi connectivity index (χ1v) is 12.6. The van der Waals surface area contributed by atoms with Gasteiger partial charge in [-0.05, 0) is 29.5 Å². The molecule has 0 bridgehead atoms. The minimum atomic E-state index is -1.08. The molecule has 1 aliphatic rings.